The molecule has 4 nitrogen and oxygen atoms in total. The highest BCUT2D eigenvalue weighted by molar-refractivity contribution is 5.84. The Bertz CT molecular complexity index is 236. The molecule has 0 bridgehead atoms. The summed E-state index contributed by atoms with van der Waals surface area (Å²) in [6.07, 6.45) is 2.97. The molecule has 86 valence electrons. The molecule has 1 N–H and O–H groups in total. The lowest BCUT2D eigenvalue weighted by atomic mass is 10.1. The third-order valence-corrected chi connectivity index (χ3v) is 2.04. The number of hydrogen-bond donors (Lipinski definition) is 1. The first-order chi connectivity index (χ1) is 7.06. The zero-order valence-electron chi connectivity index (χ0n) is 9.47. The molecule has 0 atom stereocenters. The molecule has 0 saturated carbocycles. The van der Waals surface area contributed by atoms with Gasteiger partial charge in [0.05, 0.1) is 6.54 Å². The van der Waals surface area contributed by atoms with Gasteiger partial charge in [-0.25, -0.2) is 0 Å². The molecule has 0 aliphatic rings. The van der Waals surface area contributed by atoms with Crippen molar-refractivity contribution in [3.8, 4) is 0 Å². The summed E-state index contributed by atoms with van der Waals surface area (Å²) in [5, 5.41) is 2.51. The first kappa shape index (κ1) is 13.8. The highest BCUT2D eigenvalue weighted by Crippen LogP contribution is 2.01. The molecular weight excluding hydrogens is 194 g/mol. The van der Waals surface area contributed by atoms with Crippen molar-refractivity contribution >= 4 is 17.5 Å². The van der Waals surface area contributed by atoms with Crippen LogP contribution in [0.1, 0.15) is 46.0 Å². The molecule has 0 aliphatic heterocycles. The van der Waals surface area contributed by atoms with Crippen molar-refractivity contribution in [3.05, 3.63) is 0 Å². The Morgan fingerprint density at radius 3 is 2.20 bits per heavy atom. The molecule has 0 fully saturated rings. The van der Waals surface area contributed by atoms with Gasteiger partial charge in [0.1, 0.15) is 11.6 Å². The number of Topliss-reactive ketones (excluding diaryl/α,β-unsaturated/α-hetero) is 2. The summed E-state index contributed by atoms with van der Waals surface area (Å²) in [5.41, 5.74) is 0. The monoisotopic (exact) mass is 213 g/mol. The van der Waals surface area contributed by atoms with E-state index in [4.69, 9.17) is 0 Å². The van der Waals surface area contributed by atoms with Crippen molar-refractivity contribution in [1.82, 2.24) is 5.32 Å². The summed E-state index contributed by atoms with van der Waals surface area (Å²) in [4.78, 5) is 32.6. The van der Waals surface area contributed by atoms with E-state index in [0.29, 0.717) is 25.7 Å². The molecule has 4 heteroatoms. The molecule has 0 rings (SSSR count). The van der Waals surface area contributed by atoms with Gasteiger partial charge in [-0.2, -0.15) is 0 Å². The Balaban J connectivity index is 3.39. The lowest BCUT2D eigenvalue weighted by molar-refractivity contribution is -0.124. The Kier molecular flexibility index (Phi) is 7.50. The third kappa shape index (κ3) is 9.12. The molecule has 0 saturated heterocycles. The van der Waals surface area contributed by atoms with Crippen molar-refractivity contribution in [2.24, 2.45) is 0 Å². The standard InChI is InChI=1S/C11H19NO3/c1-3-10(14)6-4-5-7-11(15)12-8-9(2)13/h3-8H2,1-2H3,(H,12,15). The fourth-order valence-electron chi connectivity index (χ4n) is 1.10. The summed E-state index contributed by atoms with van der Waals surface area (Å²) in [5.74, 6) is 0.0674. The molecular formula is C11H19NO3. The van der Waals surface area contributed by atoms with E-state index in [1.807, 2.05) is 6.92 Å². The van der Waals surface area contributed by atoms with E-state index in [2.05, 4.69) is 5.32 Å². The van der Waals surface area contributed by atoms with Crippen LogP contribution in [0.3, 0.4) is 0 Å². The van der Waals surface area contributed by atoms with Crippen LogP contribution in [0.5, 0.6) is 0 Å². The van der Waals surface area contributed by atoms with Gasteiger partial charge in [0.25, 0.3) is 0 Å². The fourth-order valence-corrected chi connectivity index (χ4v) is 1.10. The van der Waals surface area contributed by atoms with Crippen LogP contribution in [0.2, 0.25) is 0 Å². The van der Waals surface area contributed by atoms with Crippen LogP contribution in [0, 0.1) is 0 Å². The number of nitrogens with one attached hydrogen (secondary N) is 1. The van der Waals surface area contributed by atoms with Gasteiger partial charge in [-0.05, 0) is 19.8 Å². The van der Waals surface area contributed by atoms with Gasteiger partial charge in [0.15, 0.2) is 0 Å². The van der Waals surface area contributed by atoms with Gasteiger partial charge in [0.2, 0.25) is 5.91 Å². The number of amides is 1. The molecule has 0 aromatic heterocycles. The Morgan fingerprint density at radius 1 is 1.07 bits per heavy atom. The van der Waals surface area contributed by atoms with Crippen molar-refractivity contribution in [2.75, 3.05) is 6.54 Å². The first-order valence-corrected chi connectivity index (χ1v) is 5.34. The minimum Gasteiger partial charge on any atom is -0.349 e. The Hall–Kier alpha value is -1.19. The maximum atomic E-state index is 11.1. The second kappa shape index (κ2) is 8.15. The molecule has 0 unspecified atom stereocenters. The lowest BCUT2D eigenvalue weighted by Crippen LogP contribution is -2.27. The van der Waals surface area contributed by atoms with E-state index in [-0.39, 0.29) is 24.0 Å². The maximum Gasteiger partial charge on any atom is 0.220 e. The average Bonchev–Trinajstić information content (AvgIpc) is 2.21. The second-order valence-corrected chi connectivity index (χ2v) is 3.58. The van der Waals surface area contributed by atoms with Crippen LogP contribution in [-0.2, 0) is 14.4 Å². The fraction of sp³-hybridized carbons (Fsp3) is 0.727. The maximum absolute atomic E-state index is 11.1. The van der Waals surface area contributed by atoms with Gasteiger partial charge in [0, 0.05) is 19.3 Å². The predicted octanol–water partition coefficient (Wildman–Crippen LogP) is 1.23. The average molecular weight is 213 g/mol. The molecule has 0 heterocycles. The lowest BCUT2D eigenvalue weighted by Gasteiger charge is -2.02. The van der Waals surface area contributed by atoms with Crippen LogP contribution in [0.4, 0.5) is 0 Å². The zero-order valence-corrected chi connectivity index (χ0v) is 9.47. The minimum atomic E-state index is -0.117. The van der Waals surface area contributed by atoms with Gasteiger partial charge < -0.3 is 5.32 Å². The summed E-state index contributed by atoms with van der Waals surface area (Å²) < 4.78 is 0. The molecule has 0 aromatic carbocycles. The van der Waals surface area contributed by atoms with E-state index in [1.165, 1.54) is 6.92 Å². The predicted molar refractivity (Wildman–Crippen MR) is 57.5 cm³/mol. The second-order valence-electron chi connectivity index (χ2n) is 3.58. The van der Waals surface area contributed by atoms with Gasteiger partial charge >= 0.3 is 0 Å². The number of hydrogen-bond acceptors (Lipinski definition) is 3. The quantitative estimate of drug-likeness (QED) is 0.617. The van der Waals surface area contributed by atoms with E-state index in [9.17, 15) is 14.4 Å². The molecule has 15 heavy (non-hydrogen) atoms. The highest BCUT2D eigenvalue weighted by Gasteiger charge is 2.03. The largest absolute Gasteiger partial charge is 0.349 e. The molecule has 1 amide bonds. The van der Waals surface area contributed by atoms with E-state index in [1.54, 1.807) is 0 Å². The number of carbonyl (C=O) groups excluding carboxylic acids is 3. The van der Waals surface area contributed by atoms with Crippen molar-refractivity contribution in [2.45, 2.75) is 46.0 Å². The van der Waals surface area contributed by atoms with E-state index >= 15 is 0 Å². The normalized spacial score (nSPS) is 9.73. The smallest absolute Gasteiger partial charge is 0.220 e. The van der Waals surface area contributed by atoms with Gasteiger partial charge in [-0.3, -0.25) is 14.4 Å². The molecule has 0 aliphatic carbocycles. The first-order valence-electron chi connectivity index (χ1n) is 5.34. The zero-order chi connectivity index (χ0) is 11.7. The van der Waals surface area contributed by atoms with Crippen molar-refractivity contribution < 1.29 is 14.4 Å². The number of rotatable bonds is 8. The summed E-state index contributed by atoms with van der Waals surface area (Å²) >= 11 is 0. The summed E-state index contributed by atoms with van der Waals surface area (Å²) in [6.45, 7) is 3.37. The number of carbonyl (C=O) groups is 3. The van der Waals surface area contributed by atoms with Gasteiger partial charge in [-0.15, -0.1) is 0 Å². The Morgan fingerprint density at radius 2 is 1.67 bits per heavy atom. The van der Waals surface area contributed by atoms with E-state index < -0.39 is 0 Å². The van der Waals surface area contributed by atoms with Gasteiger partial charge in [-0.1, -0.05) is 6.92 Å². The molecule has 0 aromatic rings. The number of ketones is 2. The molecule has 0 spiro atoms. The van der Waals surface area contributed by atoms with Crippen LogP contribution in [0.15, 0.2) is 0 Å². The summed E-state index contributed by atoms with van der Waals surface area (Å²) in [6, 6.07) is 0. The topological polar surface area (TPSA) is 63.2 Å². The summed E-state index contributed by atoms with van der Waals surface area (Å²) in [7, 11) is 0. The van der Waals surface area contributed by atoms with Crippen LogP contribution in [-0.4, -0.2) is 24.0 Å². The van der Waals surface area contributed by atoms with Crippen molar-refractivity contribution in [3.63, 3.8) is 0 Å². The highest BCUT2D eigenvalue weighted by atomic mass is 16.2. The van der Waals surface area contributed by atoms with E-state index in [0.717, 1.165) is 6.42 Å². The van der Waals surface area contributed by atoms with Crippen LogP contribution < -0.4 is 5.32 Å². The van der Waals surface area contributed by atoms with Crippen LogP contribution in [0.25, 0.3) is 0 Å². The molecule has 0 radical (unpaired) electrons. The van der Waals surface area contributed by atoms with Crippen molar-refractivity contribution in [1.29, 1.82) is 0 Å². The minimum absolute atomic E-state index is 0.0514. The third-order valence-electron chi connectivity index (χ3n) is 2.04. The van der Waals surface area contributed by atoms with Crippen LogP contribution >= 0.6 is 0 Å². The Labute approximate surface area is 90.4 Å². The SMILES string of the molecule is CCC(=O)CCCCC(=O)NCC(C)=O. The number of unbranched alkanes of at least 4 members (excludes halogenated alkanes) is 1.